The van der Waals surface area contributed by atoms with Gasteiger partial charge in [0.2, 0.25) is 0 Å². The molecule has 1 fully saturated rings. The van der Waals surface area contributed by atoms with Crippen LogP contribution in [0, 0.1) is 11.8 Å². The Hall–Kier alpha value is -0.0800. The van der Waals surface area contributed by atoms with Crippen LogP contribution in [0.15, 0.2) is 0 Å². The molecule has 0 bridgehead atoms. The average Bonchev–Trinajstić information content (AvgIpc) is 2.16. The number of likely N-dealkylation sites (N-methyl/N-ethyl adjacent to an activating group) is 1. The first-order chi connectivity index (χ1) is 7.11. The third-order valence-corrected chi connectivity index (χ3v) is 3.45. The summed E-state index contributed by atoms with van der Waals surface area (Å²) in [5, 5.41) is 3.71. The van der Waals surface area contributed by atoms with Crippen LogP contribution < -0.4 is 5.32 Å². The third kappa shape index (κ3) is 4.98. The van der Waals surface area contributed by atoms with Gasteiger partial charge in [-0.25, -0.2) is 0 Å². The van der Waals surface area contributed by atoms with Crippen LogP contribution in [-0.4, -0.2) is 37.6 Å². The lowest BCUT2D eigenvalue weighted by atomic mass is 9.92. The molecule has 15 heavy (non-hydrogen) atoms. The van der Waals surface area contributed by atoms with Gasteiger partial charge in [0.1, 0.15) is 0 Å². The molecule has 1 aliphatic rings. The van der Waals surface area contributed by atoms with E-state index >= 15 is 0 Å². The Kier molecular flexibility index (Phi) is 5.62. The van der Waals surface area contributed by atoms with E-state index in [2.05, 4.69) is 38.0 Å². The summed E-state index contributed by atoms with van der Waals surface area (Å²) in [5.41, 5.74) is 0. The molecule has 90 valence electrons. The van der Waals surface area contributed by atoms with Gasteiger partial charge in [0.25, 0.3) is 0 Å². The van der Waals surface area contributed by atoms with Crippen molar-refractivity contribution in [2.45, 2.75) is 46.1 Å². The van der Waals surface area contributed by atoms with E-state index in [4.69, 9.17) is 0 Å². The lowest BCUT2D eigenvalue weighted by Gasteiger charge is -2.36. The topological polar surface area (TPSA) is 15.3 Å². The van der Waals surface area contributed by atoms with E-state index in [9.17, 15) is 0 Å². The fourth-order valence-corrected chi connectivity index (χ4v) is 2.46. The first-order valence-corrected chi connectivity index (χ1v) is 6.53. The molecule has 1 saturated heterocycles. The first kappa shape index (κ1) is 13.0. The van der Waals surface area contributed by atoms with Crippen LogP contribution in [0.1, 0.15) is 40.0 Å². The monoisotopic (exact) mass is 212 g/mol. The van der Waals surface area contributed by atoms with Crippen molar-refractivity contribution in [3.05, 3.63) is 0 Å². The van der Waals surface area contributed by atoms with Crippen molar-refractivity contribution in [1.29, 1.82) is 0 Å². The summed E-state index contributed by atoms with van der Waals surface area (Å²) >= 11 is 0. The predicted molar refractivity (Wildman–Crippen MR) is 67.1 cm³/mol. The van der Waals surface area contributed by atoms with Crippen LogP contribution in [0.4, 0.5) is 0 Å². The molecule has 1 N–H and O–H groups in total. The van der Waals surface area contributed by atoms with E-state index in [1.165, 1.54) is 38.9 Å². The maximum Gasteiger partial charge on any atom is 0.0198 e. The van der Waals surface area contributed by atoms with Crippen molar-refractivity contribution in [2.75, 3.05) is 26.7 Å². The van der Waals surface area contributed by atoms with Gasteiger partial charge in [-0.15, -0.1) is 0 Å². The molecule has 0 aromatic rings. The van der Waals surface area contributed by atoms with Crippen molar-refractivity contribution in [2.24, 2.45) is 11.8 Å². The molecule has 2 unspecified atom stereocenters. The molecule has 1 aliphatic heterocycles. The predicted octanol–water partition coefficient (Wildman–Crippen LogP) is 2.35. The Bertz CT molecular complexity index is 168. The summed E-state index contributed by atoms with van der Waals surface area (Å²) in [6.45, 7) is 10.6. The number of nitrogens with zero attached hydrogens (tertiary/aromatic N) is 1. The largest absolute Gasteiger partial charge is 0.313 e. The molecule has 0 saturated carbocycles. The summed E-state index contributed by atoms with van der Waals surface area (Å²) in [5.74, 6) is 1.72. The Labute approximate surface area is 95.4 Å². The SMILES string of the molecule is CCC1CC(NCCC(C)C)CN(C)C1. The van der Waals surface area contributed by atoms with Gasteiger partial charge in [-0.2, -0.15) is 0 Å². The van der Waals surface area contributed by atoms with E-state index in [0.717, 1.165) is 17.9 Å². The number of nitrogens with one attached hydrogen (secondary N) is 1. The lowest BCUT2D eigenvalue weighted by Crippen LogP contribution is -2.47. The highest BCUT2D eigenvalue weighted by Gasteiger charge is 2.23. The molecule has 0 aliphatic carbocycles. The molecule has 0 amide bonds. The molecule has 2 nitrogen and oxygen atoms in total. The maximum atomic E-state index is 3.71. The van der Waals surface area contributed by atoms with E-state index in [1.54, 1.807) is 0 Å². The number of likely N-dealkylation sites (tertiary alicyclic amines) is 1. The van der Waals surface area contributed by atoms with Crippen LogP contribution in [0.3, 0.4) is 0 Å². The fourth-order valence-electron chi connectivity index (χ4n) is 2.46. The van der Waals surface area contributed by atoms with Crippen LogP contribution >= 0.6 is 0 Å². The highest BCUT2D eigenvalue weighted by atomic mass is 15.1. The molecular weight excluding hydrogens is 184 g/mol. The highest BCUT2D eigenvalue weighted by molar-refractivity contribution is 4.81. The third-order valence-electron chi connectivity index (χ3n) is 3.45. The molecule has 2 atom stereocenters. The van der Waals surface area contributed by atoms with Crippen molar-refractivity contribution in [3.8, 4) is 0 Å². The van der Waals surface area contributed by atoms with Gasteiger partial charge >= 0.3 is 0 Å². The van der Waals surface area contributed by atoms with Crippen LogP contribution in [0.2, 0.25) is 0 Å². The van der Waals surface area contributed by atoms with Gasteiger partial charge in [-0.3, -0.25) is 0 Å². The van der Waals surface area contributed by atoms with E-state index < -0.39 is 0 Å². The zero-order chi connectivity index (χ0) is 11.3. The number of hydrogen-bond acceptors (Lipinski definition) is 2. The van der Waals surface area contributed by atoms with E-state index in [-0.39, 0.29) is 0 Å². The van der Waals surface area contributed by atoms with Gasteiger partial charge in [-0.05, 0) is 38.3 Å². The fraction of sp³-hybridized carbons (Fsp3) is 1.00. The minimum atomic E-state index is 0.729. The smallest absolute Gasteiger partial charge is 0.0198 e. The minimum absolute atomic E-state index is 0.729. The Morgan fingerprint density at radius 3 is 2.67 bits per heavy atom. The highest BCUT2D eigenvalue weighted by Crippen LogP contribution is 2.18. The summed E-state index contributed by atoms with van der Waals surface area (Å²) < 4.78 is 0. The Balaban J connectivity index is 2.22. The molecule has 0 aromatic carbocycles. The molecular formula is C13H28N2. The minimum Gasteiger partial charge on any atom is -0.313 e. The maximum absolute atomic E-state index is 3.71. The molecule has 0 radical (unpaired) electrons. The zero-order valence-electron chi connectivity index (χ0n) is 10.9. The number of rotatable bonds is 5. The second-order valence-corrected chi connectivity index (χ2v) is 5.56. The van der Waals surface area contributed by atoms with Crippen LogP contribution in [-0.2, 0) is 0 Å². The van der Waals surface area contributed by atoms with Gasteiger partial charge in [0.15, 0.2) is 0 Å². The molecule has 1 rings (SSSR count). The van der Waals surface area contributed by atoms with E-state index in [0.29, 0.717) is 0 Å². The Morgan fingerprint density at radius 2 is 2.07 bits per heavy atom. The molecule has 0 aromatic heterocycles. The zero-order valence-corrected chi connectivity index (χ0v) is 10.9. The Morgan fingerprint density at radius 1 is 1.33 bits per heavy atom. The van der Waals surface area contributed by atoms with Crippen LogP contribution in [0.25, 0.3) is 0 Å². The molecule has 2 heteroatoms. The normalized spacial score (nSPS) is 28.6. The quantitative estimate of drug-likeness (QED) is 0.752. The molecule has 1 heterocycles. The van der Waals surface area contributed by atoms with Crippen molar-refractivity contribution in [3.63, 3.8) is 0 Å². The van der Waals surface area contributed by atoms with E-state index in [1.807, 2.05) is 0 Å². The lowest BCUT2D eigenvalue weighted by molar-refractivity contribution is 0.165. The van der Waals surface area contributed by atoms with Crippen molar-refractivity contribution in [1.82, 2.24) is 10.2 Å². The van der Waals surface area contributed by atoms with Crippen molar-refractivity contribution < 1.29 is 0 Å². The van der Waals surface area contributed by atoms with Gasteiger partial charge in [-0.1, -0.05) is 27.2 Å². The summed E-state index contributed by atoms with van der Waals surface area (Å²) in [6, 6.07) is 0.729. The van der Waals surface area contributed by atoms with Crippen molar-refractivity contribution >= 4 is 0 Å². The molecule has 0 spiro atoms. The number of hydrogen-bond donors (Lipinski definition) is 1. The standard InChI is InChI=1S/C13H28N2/c1-5-12-8-13(10-15(4)9-12)14-7-6-11(2)3/h11-14H,5-10H2,1-4H3. The van der Waals surface area contributed by atoms with Gasteiger partial charge < -0.3 is 10.2 Å². The second kappa shape index (κ2) is 6.49. The van der Waals surface area contributed by atoms with Gasteiger partial charge in [0.05, 0.1) is 0 Å². The summed E-state index contributed by atoms with van der Waals surface area (Å²) in [4.78, 5) is 2.48. The summed E-state index contributed by atoms with van der Waals surface area (Å²) in [7, 11) is 2.25. The first-order valence-electron chi connectivity index (χ1n) is 6.53. The summed E-state index contributed by atoms with van der Waals surface area (Å²) in [6.07, 6.45) is 4.00. The number of piperidine rings is 1. The second-order valence-electron chi connectivity index (χ2n) is 5.56. The van der Waals surface area contributed by atoms with Crippen LogP contribution in [0.5, 0.6) is 0 Å². The average molecular weight is 212 g/mol. The van der Waals surface area contributed by atoms with Gasteiger partial charge in [0, 0.05) is 19.1 Å².